The lowest BCUT2D eigenvalue weighted by atomic mass is 9.97. The standard InChI is InChI=1S/C14H22N4O3/c1-10(2)17-8-11(18(20)21)7-12(17)13(19)16-14(9-15)5-3-4-6-14/h7-8,10H,3-6,9,15H2,1-2H3,(H,16,19). The Morgan fingerprint density at radius 3 is 2.62 bits per heavy atom. The Hall–Kier alpha value is -1.89. The van der Waals surface area contributed by atoms with Crippen molar-refractivity contribution >= 4 is 11.6 Å². The molecule has 1 amide bonds. The highest BCUT2D eigenvalue weighted by Gasteiger charge is 2.35. The number of hydrogen-bond donors (Lipinski definition) is 2. The minimum atomic E-state index is -0.482. The molecule has 1 aromatic rings. The van der Waals surface area contributed by atoms with Gasteiger partial charge in [0.2, 0.25) is 0 Å². The van der Waals surface area contributed by atoms with Crippen LogP contribution in [0.2, 0.25) is 0 Å². The van der Waals surface area contributed by atoms with Gasteiger partial charge in [-0.25, -0.2) is 0 Å². The normalized spacial score (nSPS) is 17.1. The van der Waals surface area contributed by atoms with Crippen LogP contribution in [0.5, 0.6) is 0 Å². The first kappa shape index (κ1) is 15.5. The van der Waals surface area contributed by atoms with Crippen molar-refractivity contribution in [1.82, 2.24) is 9.88 Å². The zero-order chi connectivity index (χ0) is 15.6. The van der Waals surface area contributed by atoms with Gasteiger partial charge in [-0.05, 0) is 26.7 Å². The average molecular weight is 294 g/mol. The molecule has 1 heterocycles. The van der Waals surface area contributed by atoms with Gasteiger partial charge >= 0.3 is 0 Å². The van der Waals surface area contributed by atoms with Crippen LogP contribution in [0.15, 0.2) is 12.3 Å². The predicted octanol–water partition coefficient (Wildman–Crippen LogP) is 1.98. The fourth-order valence-electron chi connectivity index (χ4n) is 2.91. The van der Waals surface area contributed by atoms with Crippen LogP contribution in [0.3, 0.4) is 0 Å². The molecule has 0 aliphatic heterocycles. The molecule has 0 atom stereocenters. The van der Waals surface area contributed by atoms with E-state index in [1.165, 1.54) is 12.3 Å². The number of nitro groups is 1. The number of aromatic nitrogens is 1. The van der Waals surface area contributed by atoms with Crippen molar-refractivity contribution in [1.29, 1.82) is 0 Å². The molecule has 0 bridgehead atoms. The van der Waals surface area contributed by atoms with Crippen molar-refractivity contribution in [3.63, 3.8) is 0 Å². The minimum Gasteiger partial charge on any atom is -0.344 e. The van der Waals surface area contributed by atoms with Crippen molar-refractivity contribution < 1.29 is 9.72 Å². The molecule has 1 aliphatic rings. The van der Waals surface area contributed by atoms with Gasteiger partial charge < -0.3 is 15.6 Å². The Balaban J connectivity index is 2.27. The van der Waals surface area contributed by atoms with E-state index in [1.54, 1.807) is 4.57 Å². The first-order chi connectivity index (χ1) is 9.88. The van der Waals surface area contributed by atoms with E-state index < -0.39 is 4.92 Å². The molecule has 3 N–H and O–H groups in total. The summed E-state index contributed by atoms with van der Waals surface area (Å²) in [4.78, 5) is 22.9. The maximum absolute atomic E-state index is 12.5. The Morgan fingerprint density at radius 1 is 1.52 bits per heavy atom. The summed E-state index contributed by atoms with van der Waals surface area (Å²) in [6, 6.07) is 1.30. The van der Waals surface area contributed by atoms with Gasteiger partial charge in [0.25, 0.3) is 11.6 Å². The van der Waals surface area contributed by atoms with Gasteiger partial charge in [-0.1, -0.05) is 12.8 Å². The average Bonchev–Trinajstić information content (AvgIpc) is 3.05. The maximum atomic E-state index is 12.5. The molecular formula is C14H22N4O3. The number of rotatable bonds is 5. The van der Waals surface area contributed by atoms with Gasteiger partial charge in [-0.2, -0.15) is 0 Å². The first-order valence-electron chi connectivity index (χ1n) is 7.27. The molecule has 1 aliphatic carbocycles. The number of nitrogens with two attached hydrogens (primary N) is 1. The zero-order valence-corrected chi connectivity index (χ0v) is 12.5. The molecule has 0 aromatic carbocycles. The smallest absolute Gasteiger partial charge is 0.287 e. The molecule has 1 aromatic heterocycles. The second-order valence-corrected chi connectivity index (χ2v) is 5.99. The molecule has 1 fully saturated rings. The topological polar surface area (TPSA) is 103 Å². The predicted molar refractivity (Wildman–Crippen MR) is 79.2 cm³/mol. The molecule has 0 spiro atoms. The third-order valence-corrected chi connectivity index (χ3v) is 4.16. The molecule has 7 nitrogen and oxygen atoms in total. The van der Waals surface area contributed by atoms with Gasteiger partial charge in [0.05, 0.1) is 16.7 Å². The zero-order valence-electron chi connectivity index (χ0n) is 12.5. The van der Waals surface area contributed by atoms with Crippen LogP contribution in [-0.4, -0.2) is 27.5 Å². The van der Waals surface area contributed by atoms with Crippen molar-refractivity contribution in [2.45, 2.75) is 51.1 Å². The summed E-state index contributed by atoms with van der Waals surface area (Å²) >= 11 is 0. The molecule has 2 rings (SSSR count). The number of carbonyl (C=O) groups is 1. The highest BCUT2D eigenvalue weighted by Crippen LogP contribution is 2.29. The van der Waals surface area contributed by atoms with Gasteiger partial charge in [-0.15, -0.1) is 0 Å². The van der Waals surface area contributed by atoms with Crippen LogP contribution in [0.25, 0.3) is 0 Å². The number of hydrogen-bond acceptors (Lipinski definition) is 4. The van der Waals surface area contributed by atoms with Crippen LogP contribution in [0, 0.1) is 10.1 Å². The van der Waals surface area contributed by atoms with Gasteiger partial charge in [0, 0.05) is 18.7 Å². The molecule has 1 saturated carbocycles. The largest absolute Gasteiger partial charge is 0.344 e. The summed E-state index contributed by atoms with van der Waals surface area (Å²) in [5, 5.41) is 13.9. The summed E-state index contributed by atoms with van der Waals surface area (Å²) < 4.78 is 1.63. The van der Waals surface area contributed by atoms with E-state index in [0.29, 0.717) is 12.2 Å². The molecule has 21 heavy (non-hydrogen) atoms. The third-order valence-electron chi connectivity index (χ3n) is 4.16. The molecule has 116 valence electrons. The van der Waals surface area contributed by atoms with E-state index in [1.807, 2.05) is 13.8 Å². The van der Waals surface area contributed by atoms with E-state index in [0.717, 1.165) is 25.7 Å². The second-order valence-electron chi connectivity index (χ2n) is 5.99. The number of carbonyl (C=O) groups excluding carboxylic acids is 1. The lowest BCUT2D eigenvalue weighted by molar-refractivity contribution is -0.384. The first-order valence-corrected chi connectivity index (χ1v) is 7.27. The van der Waals surface area contributed by atoms with Gasteiger partial charge in [0.1, 0.15) is 5.69 Å². The van der Waals surface area contributed by atoms with Gasteiger partial charge in [-0.3, -0.25) is 14.9 Å². The monoisotopic (exact) mass is 294 g/mol. The van der Waals surface area contributed by atoms with Crippen molar-refractivity contribution in [2.24, 2.45) is 5.73 Å². The van der Waals surface area contributed by atoms with E-state index in [4.69, 9.17) is 5.73 Å². The van der Waals surface area contributed by atoms with Crippen molar-refractivity contribution in [3.05, 3.63) is 28.1 Å². The number of amides is 1. The lowest BCUT2D eigenvalue weighted by Gasteiger charge is -2.29. The van der Waals surface area contributed by atoms with Crippen LogP contribution in [0.1, 0.15) is 56.1 Å². The highest BCUT2D eigenvalue weighted by molar-refractivity contribution is 5.94. The molecule has 0 unspecified atom stereocenters. The van der Waals surface area contributed by atoms with E-state index in [9.17, 15) is 14.9 Å². The Morgan fingerprint density at radius 2 is 2.14 bits per heavy atom. The fourth-order valence-corrected chi connectivity index (χ4v) is 2.91. The summed E-state index contributed by atoms with van der Waals surface area (Å²) in [5.41, 5.74) is 5.70. The van der Waals surface area contributed by atoms with Crippen molar-refractivity contribution in [2.75, 3.05) is 6.54 Å². The fraction of sp³-hybridized carbons (Fsp3) is 0.643. The molecular weight excluding hydrogens is 272 g/mol. The molecule has 0 saturated heterocycles. The van der Waals surface area contributed by atoms with E-state index >= 15 is 0 Å². The summed E-state index contributed by atoms with van der Waals surface area (Å²) in [6.07, 6.45) is 5.22. The maximum Gasteiger partial charge on any atom is 0.287 e. The SMILES string of the molecule is CC(C)n1cc([N+](=O)[O-])cc1C(=O)NC1(CN)CCCC1. The third kappa shape index (κ3) is 3.07. The Kier molecular flexibility index (Phi) is 4.32. The quantitative estimate of drug-likeness (QED) is 0.640. The summed E-state index contributed by atoms with van der Waals surface area (Å²) in [6.45, 7) is 4.16. The van der Waals surface area contributed by atoms with E-state index in [-0.39, 0.29) is 23.2 Å². The minimum absolute atomic E-state index is 0.0307. The van der Waals surface area contributed by atoms with Crippen molar-refractivity contribution in [3.8, 4) is 0 Å². The van der Waals surface area contributed by atoms with Crippen LogP contribution < -0.4 is 11.1 Å². The summed E-state index contributed by atoms with van der Waals surface area (Å²) in [5.74, 6) is -0.288. The Bertz CT molecular complexity index is 544. The lowest BCUT2D eigenvalue weighted by Crippen LogP contribution is -2.52. The second kappa shape index (κ2) is 5.85. The number of nitrogens with one attached hydrogen (secondary N) is 1. The van der Waals surface area contributed by atoms with Crippen LogP contribution in [-0.2, 0) is 0 Å². The highest BCUT2D eigenvalue weighted by atomic mass is 16.6. The van der Waals surface area contributed by atoms with Crippen LogP contribution in [0.4, 0.5) is 5.69 Å². The molecule has 7 heteroatoms. The van der Waals surface area contributed by atoms with E-state index in [2.05, 4.69) is 5.32 Å². The molecule has 0 radical (unpaired) electrons. The summed E-state index contributed by atoms with van der Waals surface area (Å²) in [7, 11) is 0. The Labute approximate surface area is 123 Å². The van der Waals surface area contributed by atoms with Crippen LogP contribution >= 0.6 is 0 Å². The van der Waals surface area contributed by atoms with Gasteiger partial charge in [0.15, 0.2) is 0 Å². The number of nitrogens with zero attached hydrogens (tertiary/aromatic N) is 2.